The van der Waals surface area contributed by atoms with Gasteiger partial charge < -0.3 is 14.2 Å². The fourth-order valence-electron chi connectivity index (χ4n) is 10.9. The highest BCUT2D eigenvalue weighted by Crippen LogP contribution is 2.18. The van der Waals surface area contributed by atoms with Gasteiger partial charge in [0.25, 0.3) is 0 Å². The molecule has 6 heteroatoms. The van der Waals surface area contributed by atoms with Gasteiger partial charge in [-0.1, -0.05) is 326 Å². The summed E-state index contributed by atoms with van der Waals surface area (Å²) < 4.78 is 17.0. The molecule has 0 rings (SSSR count). The highest BCUT2D eigenvalue weighted by Gasteiger charge is 2.19. The fourth-order valence-corrected chi connectivity index (χ4v) is 10.9. The highest BCUT2D eigenvalue weighted by molar-refractivity contribution is 5.71. The van der Waals surface area contributed by atoms with Crippen molar-refractivity contribution in [2.45, 2.75) is 399 Å². The zero-order valence-corrected chi connectivity index (χ0v) is 55.7. The molecule has 0 N–H and O–H groups in total. The number of ether oxygens (including phenoxy) is 3. The third-order valence-corrected chi connectivity index (χ3v) is 16.5. The van der Waals surface area contributed by atoms with Crippen molar-refractivity contribution >= 4 is 17.9 Å². The molecule has 6 nitrogen and oxygen atoms in total. The zero-order valence-electron chi connectivity index (χ0n) is 55.7. The predicted octanol–water partition coefficient (Wildman–Crippen LogP) is 25.5. The van der Waals surface area contributed by atoms with Crippen molar-refractivity contribution in [1.82, 2.24) is 0 Å². The van der Waals surface area contributed by atoms with E-state index < -0.39 is 6.10 Å². The summed E-state index contributed by atoms with van der Waals surface area (Å²) in [6.07, 6.45) is 92.5. The van der Waals surface area contributed by atoms with Crippen LogP contribution in [0.25, 0.3) is 0 Å². The van der Waals surface area contributed by atoms with Crippen molar-refractivity contribution in [1.29, 1.82) is 0 Å². The summed E-state index contributed by atoms with van der Waals surface area (Å²) in [5.74, 6) is -0.860. The number of hydrogen-bond donors (Lipinski definition) is 0. The van der Waals surface area contributed by atoms with E-state index in [2.05, 4.69) is 81.5 Å². The predicted molar refractivity (Wildman–Crippen MR) is 362 cm³/mol. The molecule has 0 aromatic carbocycles. The molecular formula is C77H140O6. The van der Waals surface area contributed by atoms with Gasteiger partial charge in [-0.2, -0.15) is 0 Å². The van der Waals surface area contributed by atoms with Gasteiger partial charge in [-0.25, -0.2) is 0 Å². The van der Waals surface area contributed by atoms with Gasteiger partial charge in [0.05, 0.1) is 0 Å². The lowest BCUT2D eigenvalue weighted by Crippen LogP contribution is -2.30. The SMILES string of the molecule is CCCCC/C=C\C/C=C\CCCCCCCCCC(=O)OCC(COC(=O)CCCCCCCCCCCCCCC/C=C\CCCCCCCCCC)OC(=O)CCCCCCCCCCCCC/C=C\C/C=C\CCCCCCC. The van der Waals surface area contributed by atoms with E-state index >= 15 is 0 Å². The largest absolute Gasteiger partial charge is 0.462 e. The van der Waals surface area contributed by atoms with Crippen LogP contribution in [0.2, 0.25) is 0 Å². The number of carbonyl (C=O) groups excluding carboxylic acids is 3. The first-order valence-corrected chi connectivity index (χ1v) is 36.8. The van der Waals surface area contributed by atoms with Gasteiger partial charge in [0.15, 0.2) is 6.10 Å². The first-order valence-electron chi connectivity index (χ1n) is 36.8. The number of esters is 3. The molecule has 0 bridgehead atoms. The van der Waals surface area contributed by atoms with E-state index in [4.69, 9.17) is 14.2 Å². The second-order valence-corrected chi connectivity index (χ2v) is 24.8. The van der Waals surface area contributed by atoms with Crippen molar-refractivity contribution in [3.05, 3.63) is 60.8 Å². The normalized spacial score (nSPS) is 12.4. The molecule has 0 aromatic rings. The number of carbonyl (C=O) groups is 3. The monoisotopic (exact) mass is 1160 g/mol. The minimum Gasteiger partial charge on any atom is -0.462 e. The van der Waals surface area contributed by atoms with Crippen LogP contribution in [-0.2, 0) is 28.6 Å². The summed E-state index contributed by atoms with van der Waals surface area (Å²) in [4.78, 5) is 38.5. The summed E-state index contributed by atoms with van der Waals surface area (Å²) in [5, 5.41) is 0. The number of unbranched alkanes of at least 4 members (excludes halogenated alkanes) is 47. The first kappa shape index (κ1) is 80.1. The summed E-state index contributed by atoms with van der Waals surface area (Å²) in [6, 6.07) is 0. The van der Waals surface area contributed by atoms with E-state index in [1.807, 2.05) is 0 Å². The fraction of sp³-hybridized carbons (Fsp3) is 0.831. The minimum absolute atomic E-state index is 0.0745. The Balaban J connectivity index is 4.32. The van der Waals surface area contributed by atoms with Crippen LogP contribution in [0, 0.1) is 0 Å². The van der Waals surface area contributed by atoms with Crippen LogP contribution in [0.5, 0.6) is 0 Å². The molecule has 1 unspecified atom stereocenters. The quantitative estimate of drug-likeness (QED) is 0.0261. The summed E-state index contributed by atoms with van der Waals surface area (Å²) in [5.41, 5.74) is 0. The van der Waals surface area contributed by atoms with Gasteiger partial charge in [-0.15, -0.1) is 0 Å². The molecule has 83 heavy (non-hydrogen) atoms. The van der Waals surface area contributed by atoms with E-state index in [-0.39, 0.29) is 31.1 Å². The van der Waals surface area contributed by atoms with Crippen molar-refractivity contribution < 1.29 is 28.6 Å². The topological polar surface area (TPSA) is 78.9 Å². The van der Waals surface area contributed by atoms with E-state index in [1.165, 1.54) is 276 Å². The van der Waals surface area contributed by atoms with Crippen LogP contribution in [0.3, 0.4) is 0 Å². The number of allylic oxidation sites excluding steroid dienone is 10. The molecule has 0 radical (unpaired) electrons. The summed E-state index contributed by atoms with van der Waals surface area (Å²) >= 11 is 0. The Hall–Kier alpha value is -2.89. The lowest BCUT2D eigenvalue weighted by atomic mass is 10.0. The molecule has 0 saturated heterocycles. The molecule has 0 spiro atoms. The Kier molecular flexibility index (Phi) is 69.1. The maximum atomic E-state index is 13.0. The van der Waals surface area contributed by atoms with Gasteiger partial charge >= 0.3 is 17.9 Å². The summed E-state index contributed by atoms with van der Waals surface area (Å²) in [6.45, 7) is 6.66. The van der Waals surface area contributed by atoms with E-state index in [0.29, 0.717) is 19.3 Å². The third-order valence-electron chi connectivity index (χ3n) is 16.5. The van der Waals surface area contributed by atoms with Crippen molar-refractivity contribution in [3.63, 3.8) is 0 Å². The Bertz CT molecular complexity index is 1470. The standard InChI is InChI=1S/C77H140O6/c1-4-7-10-13-16-19-22-25-28-31-33-35-37-38-40-41-43-46-49-52-55-58-61-64-67-70-76(79)82-73-74(72-81-75(78)69-66-63-60-57-54-51-48-45-30-27-24-21-18-15-12-9-6-3)83-77(80)71-68-65-62-59-56-53-50-47-44-42-39-36-34-32-29-26-23-20-17-14-11-8-5-2/h18,21,23,26-27,30-34,74H,4-17,19-20,22,24-25,28-29,35-73H2,1-3H3/b21-18-,26-23-,30-27-,33-31-,34-32-. The van der Waals surface area contributed by atoms with Crippen LogP contribution in [-0.4, -0.2) is 37.2 Å². The number of rotatable bonds is 68. The van der Waals surface area contributed by atoms with Gasteiger partial charge in [0.1, 0.15) is 13.2 Å². The van der Waals surface area contributed by atoms with E-state index in [0.717, 1.165) is 77.0 Å². The zero-order chi connectivity index (χ0) is 59.9. The molecule has 0 aromatic heterocycles. The first-order chi connectivity index (χ1) is 41.0. The highest BCUT2D eigenvalue weighted by atomic mass is 16.6. The molecule has 0 saturated carbocycles. The van der Waals surface area contributed by atoms with Gasteiger partial charge in [-0.05, 0) is 109 Å². The van der Waals surface area contributed by atoms with Crippen LogP contribution >= 0.6 is 0 Å². The van der Waals surface area contributed by atoms with Crippen LogP contribution < -0.4 is 0 Å². The maximum absolute atomic E-state index is 13.0. The van der Waals surface area contributed by atoms with Gasteiger partial charge in [0, 0.05) is 19.3 Å². The molecule has 484 valence electrons. The van der Waals surface area contributed by atoms with Gasteiger partial charge in [-0.3, -0.25) is 14.4 Å². The molecule has 0 heterocycles. The van der Waals surface area contributed by atoms with E-state index in [1.54, 1.807) is 0 Å². The molecule has 0 aliphatic carbocycles. The second-order valence-electron chi connectivity index (χ2n) is 24.8. The third kappa shape index (κ3) is 69.8. The Morgan fingerprint density at radius 3 is 0.699 bits per heavy atom. The Labute approximate surface area is 517 Å². The molecule has 1 atom stereocenters. The van der Waals surface area contributed by atoms with Crippen molar-refractivity contribution in [3.8, 4) is 0 Å². The lowest BCUT2D eigenvalue weighted by molar-refractivity contribution is -0.167. The molecule has 0 fully saturated rings. The van der Waals surface area contributed by atoms with Crippen LogP contribution in [0.4, 0.5) is 0 Å². The minimum atomic E-state index is -0.780. The van der Waals surface area contributed by atoms with Crippen molar-refractivity contribution in [2.24, 2.45) is 0 Å². The Morgan fingerprint density at radius 2 is 0.434 bits per heavy atom. The van der Waals surface area contributed by atoms with Crippen LogP contribution in [0.1, 0.15) is 393 Å². The molecular weight excluding hydrogens is 1020 g/mol. The molecule has 0 amide bonds. The lowest BCUT2D eigenvalue weighted by Gasteiger charge is -2.18. The molecule has 0 aliphatic heterocycles. The average Bonchev–Trinajstić information content (AvgIpc) is 3.49. The van der Waals surface area contributed by atoms with E-state index in [9.17, 15) is 14.4 Å². The van der Waals surface area contributed by atoms with Crippen molar-refractivity contribution in [2.75, 3.05) is 13.2 Å². The maximum Gasteiger partial charge on any atom is 0.306 e. The number of hydrogen-bond acceptors (Lipinski definition) is 6. The smallest absolute Gasteiger partial charge is 0.306 e. The average molecular weight is 1160 g/mol. The second kappa shape index (κ2) is 71.6. The summed E-state index contributed by atoms with van der Waals surface area (Å²) in [7, 11) is 0. The molecule has 0 aliphatic rings. The van der Waals surface area contributed by atoms with Crippen LogP contribution in [0.15, 0.2) is 60.8 Å². The van der Waals surface area contributed by atoms with Gasteiger partial charge in [0.2, 0.25) is 0 Å². The Morgan fingerprint density at radius 1 is 0.241 bits per heavy atom.